The first kappa shape index (κ1) is 20.1. The number of rotatable bonds is 3. The van der Waals surface area contributed by atoms with Crippen LogP contribution in [0.2, 0.25) is 0 Å². The summed E-state index contributed by atoms with van der Waals surface area (Å²) < 4.78 is 16.6. The highest BCUT2D eigenvalue weighted by atomic mass is 16.6. The molecule has 1 N–H and O–H groups in total. The number of carbonyl (C=O) groups excluding carboxylic acids is 2. The van der Waals surface area contributed by atoms with Crippen LogP contribution in [0.4, 0.5) is 4.79 Å². The van der Waals surface area contributed by atoms with Gasteiger partial charge in [-0.05, 0) is 55.2 Å². The first-order valence-electron chi connectivity index (χ1n) is 10.3. The van der Waals surface area contributed by atoms with Crippen molar-refractivity contribution in [1.29, 1.82) is 0 Å². The number of carbonyl (C=O) groups is 2. The Labute approximate surface area is 183 Å². The van der Waals surface area contributed by atoms with E-state index >= 15 is 0 Å². The molecule has 1 aromatic heterocycles. The fourth-order valence-corrected chi connectivity index (χ4v) is 4.22. The van der Waals surface area contributed by atoms with Crippen molar-refractivity contribution >= 4 is 22.9 Å². The molecule has 0 saturated carbocycles. The third-order valence-electron chi connectivity index (χ3n) is 6.24. The number of hydrogen-bond acceptors (Lipinski definition) is 6. The highest BCUT2D eigenvalue weighted by Gasteiger charge is 2.49. The van der Waals surface area contributed by atoms with Gasteiger partial charge in [-0.25, -0.2) is 9.59 Å². The van der Waals surface area contributed by atoms with Gasteiger partial charge >= 0.3 is 11.7 Å². The summed E-state index contributed by atoms with van der Waals surface area (Å²) in [5.41, 5.74) is 1.64. The van der Waals surface area contributed by atoms with Gasteiger partial charge in [-0.2, -0.15) is 0 Å². The molecule has 5 rings (SSSR count). The maximum Gasteiger partial charge on any atom is 0.336 e. The number of aryl methyl sites for hydroxylation is 2. The molecule has 164 valence electrons. The summed E-state index contributed by atoms with van der Waals surface area (Å²) in [5.74, 6) is 0.725. The topological polar surface area (TPSA) is 98.1 Å². The quantitative estimate of drug-likeness (QED) is 0.502. The second-order valence-electron chi connectivity index (χ2n) is 8.28. The van der Waals surface area contributed by atoms with E-state index < -0.39 is 23.1 Å². The summed E-state index contributed by atoms with van der Waals surface area (Å²) >= 11 is 0. The van der Waals surface area contributed by atoms with Crippen molar-refractivity contribution in [3.63, 3.8) is 0 Å². The molecule has 0 aliphatic carbocycles. The van der Waals surface area contributed by atoms with E-state index in [2.05, 4.69) is 5.32 Å². The van der Waals surface area contributed by atoms with Crippen LogP contribution in [0, 0.1) is 13.8 Å². The van der Waals surface area contributed by atoms with Crippen LogP contribution in [0.1, 0.15) is 29.2 Å². The largest absolute Gasteiger partial charge is 0.486 e. The van der Waals surface area contributed by atoms with Crippen molar-refractivity contribution in [2.24, 2.45) is 0 Å². The number of benzene rings is 2. The molecule has 3 aromatic rings. The van der Waals surface area contributed by atoms with Gasteiger partial charge in [0, 0.05) is 11.5 Å². The highest BCUT2D eigenvalue weighted by molar-refractivity contribution is 6.07. The number of imide groups is 1. The van der Waals surface area contributed by atoms with E-state index in [1.165, 1.54) is 6.07 Å². The molecule has 2 aliphatic rings. The molecular formula is C24H22N2O6. The molecule has 8 heteroatoms. The fourth-order valence-electron chi connectivity index (χ4n) is 4.22. The van der Waals surface area contributed by atoms with Gasteiger partial charge in [-0.3, -0.25) is 9.69 Å². The van der Waals surface area contributed by atoms with E-state index in [0.717, 1.165) is 16.0 Å². The molecular weight excluding hydrogens is 412 g/mol. The molecule has 0 radical (unpaired) electrons. The number of amides is 3. The van der Waals surface area contributed by atoms with Crippen molar-refractivity contribution in [3.05, 3.63) is 69.1 Å². The van der Waals surface area contributed by atoms with Crippen LogP contribution in [-0.2, 0) is 16.9 Å². The van der Waals surface area contributed by atoms with Gasteiger partial charge < -0.3 is 19.2 Å². The van der Waals surface area contributed by atoms with Crippen LogP contribution >= 0.6 is 0 Å². The van der Waals surface area contributed by atoms with E-state index in [1.54, 1.807) is 25.1 Å². The van der Waals surface area contributed by atoms with Gasteiger partial charge in [0.1, 0.15) is 24.3 Å². The van der Waals surface area contributed by atoms with Gasteiger partial charge in [0.2, 0.25) is 0 Å². The predicted octanol–water partition coefficient (Wildman–Crippen LogP) is 3.15. The van der Waals surface area contributed by atoms with Gasteiger partial charge in [0.25, 0.3) is 5.91 Å². The van der Waals surface area contributed by atoms with Crippen LogP contribution < -0.4 is 20.4 Å². The SMILES string of the molecule is Cc1ccc2c(CN3C(=O)N[C@](C)(c4ccc5c(c4)OCCO5)C3=O)cc(=O)oc2c1C. The normalized spacial score (nSPS) is 20.0. The summed E-state index contributed by atoms with van der Waals surface area (Å²) in [6, 6.07) is 9.76. The molecule has 1 atom stereocenters. The minimum absolute atomic E-state index is 0.0462. The molecule has 2 aromatic carbocycles. The highest BCUT2D eigenvalue weighted by Crippen LogP contribution is 2.37. The van der Waals surface area contributed by atoms with Crippen molar-refractivity contribution in [2.45, 2.75) is 32.9 Å². The first-order chi connectivity index (χ1) is 15.3. The number of hydrogen-bond donors (Lipinski definition) is 1. The molecule has 3 heterocycles. The standard InChI is InChI=1S/C24H22N2O6/c1-13-4-6-17-15(10-20(27)32-21(17)14(13)2)12-26-22(28)24(3,25-23(26)29)16-5-7-18-19(11-16)31-9-8-30-18/h4-7,10-11H,8-9,12H2,1-3H3,(H,25,29)/t24-/m1/s1. The molecule has 1 fully saturated rings. The van der Waals surface area contributed by atoms with Gasteiger partial charge in [0.05, 0.1) is 6.54 Å². The first-order valence-corrected chi connectivity index (χ1v) is 10.3. The lowest BCUT2D eigenvalue weighted by atomic mass is 9.91. The van der Waals surface area contributed by atoms with E-state index in [9.17, 15) is 14.4 Å². The molecule has 8 nitrogen and oxygen atoms in total. The summed E-state index contributed by atoms with van der Waals surface area (Å²) in [6.07, 6.45) is 0. The van der Waals surface area contributed by atoms with Crippen LogP contribution in [0.25, 0.3) is 11.0 Å². The van der Waals surface area contributed by atoms with Crippen LogP contribution in [0.15, 0.2) is 45.6 Å². The minimum atomic E-state index is -1.27. The third-order valence-corrected chi connectivity index (χ3v) is 6.24. The lowest BCUT2D eigenvalue weighted by Crippen LogP contribution is -2.41. The van der Waals surface area contributed by atoms with Crippen molar-refractivity contribution < 1.29 is 23.5 Å². The molecule has 2 aliphatic heterocycles. The third kappa shape index (κ3) is 3.02. The van der Waals surface area contributed by atoms with E-state index in [4.69, 9.17) is 13.9 Å². The molecule has 0 unspecified atom stereocenters. The van der Waals surface area contributed by atoms with E-state index in [-0.39, 0.29) is 6.54 Å². The van der Waals surface area contributed by atoms with Crippen LogP contribution in [0.3, 0.4) is 0 Å². The number of nitrogens with zero attached hydrogens (tertiary/aromatic N) is 1. The Bertz CT molecular complexity index is 1340. The smallest absolute Gasteiger partial charge is 0.336 e. The molecule has 0 spiro atoms. The Morgan fingerprint density at radius 1 is 1.00 bits per heavy atom. The zero-order valence-electron chi connectivity index (χ0n) is 18.0. The minimum Gasteiger partial charge on any atom is -0.486 e. The molecule has 0 bridgehead atoms. The Morgan fingerprint density at radius 2 is 1.75 bits per heavy atom. The predicted molar refractivity (Wildman–Crippen MR) is 116 cm³/mol. The summed E-state index contributed by atoms with van der Waals surface area (Å²) in [5, 5.41) is 3.49. The lowest BCUT2D eigenvalue weighted by molar-refractivity contribution is -0.131. The average Bonchev–Trinajstić information content (AvgIpc) is 3.00. The summed E-state index contributed by atoms with van der Waals surface area (Å²) in [7, 11) is 0. The maximum atomic E-state index is 13.4. The molecule has 1 saturated heterocycles. The Balaban J connectivity index is 1.52. The number of nitrogens with one attached hydrogen (secondary N) is 1. The van der Waals surface area contributed by atoms with Crippen molar-refractivity contribution in [1.82, 2.24) is 10.2 Å². The van der Waals surface area contributed by atoms with Crippen molar-refractivity contribution in [3.8, 4) is 11.5 Å². The van der Waals surface area contributed by atoms with E-state index in [0.29, 0.717) is 46.8 Å². The Morgan fingerprint density at radius 3 is 2.53 bits per heavy atom. The van der Waals surface area contributed by atoms with Gasteiger partial charge in [0.15, 0.2) is 11.5 Å². The monoisotopic (exact) mass is 434 g/mol. The summed E-state index contributed by atoms with van der Waals surface area (Å²) in [4.78, 5) is 39.6. The van der Waals surface area contributed by atoms with Crippen molar-refractivity contribution in [2.75, 3.05) is 13.2 Å². The second-order valence-corrected chi connectivity index (χ2v) is 8.28. The average molecular weight is 434 g/mol. The zero-order chi connectivity index (χ0) is 22.6. The maximum absolute atomic E-state index is 13.4. The van der Waals surface area contributed by atoms with Gasteiger partial charge in [-0.15, -0.1) is 0 Å². The number of fused-ring (bicyclic) bond motifs is 2. The Hall–Kier alpha value is -3.81. The van der Waals surface area contributed by atoms with Crippen LogP contribution in [0.5, 0.6) is 11.5 Å². The fraction of sp³-hybridized carbons (Fsp3) is 0.292. The number of ether oxygens (including phenoxy) is 2. The van der Waals surface area contributed by atoms with Gasteiger partial charge in [-0.1, -0.05) is 18.2 Å². The lowest BCUT2D eigenvalue weighted by Gasteiger charge is -2.25. The second kappa shape index (κ2) is 7.12. The Kier molecular flexibility index (Phi) is 4.47. The summed E-state index contributed by atoms with van der Waals surface area (Å²) in [6.45, 7) is 6.29. The number of urea groups is 1. The van der Waals surface area contributed by atoms with Crippen LogP contribution in [-0.4, -0.2) is 30.1 Å². The molecule has 32 heavy (non-hydrogen) atoms. The van der Waals surface area contributed by atoms with E-state index in [1.807, 2.05) is 26.0 Å². The molecule has 3 amide bonds. The zero-order valence-corrected chi connectivity index (χ0v) is 18.0.